The lowest BCUT2D eigenvalue weighted by Crippen LogP contribution is -2.25. The van der Waals surface area contributed by atoms with Crippen LogP contribution < -0.4 is 11.1 Å². The molecule has 0 saturated heterocycles. The minimum absolute atomic E-state index is 0.143. The van der Waals surface area contributed by atoms with Crippen molar-refractivity contribution >= 4 is 22.8 Å². The molecule has 0 fully saturated rings. The predicted molar refractivity (Wildman–Crippen MR) is 82.8 cm³/mol. The van der Waals surface area contributed by atoms with Crippen molar-refractivity contribution in [3.63, 3.8) is 0 Å². The molecule has 2 aromatic heterocycles. The van der Waals surface area contributed by atoms with Gasteiger partial charge >= 0.3 is 5.76 Å². The zero-order chi connectivity index (χ0) is 15.7. The Hall–Kier alpha value is -2.89. The Bertz CT molecular complexity index is 908. The number of oxazole rings is 1. The number of hydrogen-bond donors (Lipinski definition) is 1. The minimum atomic E-state index is -0.593. The Morgan fingerprint density at radius 2 is 2.09 bits per heavy atom. The Morgan fingerprint density at radius 1 is 1.27 bits per heavy atom. The zero-order valence-electron chi connectivity index (χ0n) is 12.3. The van der Waals surface area contributed by atoms with Gasteiger partial charge in [0.15, 0.2) is 11.2 Å². The number of rotatable bonds is 3. The number of hydrogen-bond acceptors (Lipinski definition) is 4. The topological polar surface area (TPSA) is 77.1 Å². The second-order valence-electron chi connectivity index (χ2n) is 5.07. The van der Waals surface area contributed by atoms with Crippen molar-refractivity contribution in [1.29, 1.82) is 0 Å². The molecule has 22 heavy (non-hydrogen) atoms. The molecule has 0 atom stereocenters. The molecule has 6 nitrogen and oxygen atoms in total. The van der Waals surface area contributed by atoms with Gasteiger partial charge in [-0.3, -0.25) is 4.79 Å². The molecule has 0 aliphatic carbocycles. The van der Waals surface area contributed by atoms with E-state index in [1.807, 2.05) is 32.0 Å². The average molecular weight is 297 g/mol. The molecule has 0 spiro atoms. The summed E-state index contributed by atoms with van der Waals surface area (Å²) in [6.45, 7) is 3.77. The fourth-order valence-corrected chi connectivity index (χ4v) is 2.26. The number of aromatic nitrogens is 2. The van der Waals surface area contributed by atoms with E-state index >= 15 is 0 Å². The minimum Gasteiger partial charge on any atom is -0.406 e. The fourth-order valence-electron chi connectivity index (χ4n) is 2.26. The van der Waals surface area contributed by atoms with Crippen molar-refractivity contribution in [3.8, 4) is 0 Å². The summed E-state index contributed by atoms with van der Waals surface area (Å²) in [7, 11) is 0. The second-order valence-corrected chi connectivity index (χ2v) is 5.07. The first-order valence-electron chi connectivity index (χ1n) is 6.86. The summed E-state index contributed by atoms with van der Waals surface area (Å²) in [6.07, 6.45) is 1.55. The van der Waals surface area contributed by atoms with E-state index in [1.165, 1.54) is 4.57 Å². The molecule has 1 N–H and O–H groups in total. The molecule has 1 aromatic carbocycles. The number of amides is 1. The molecule has 0 unspecified atom stereocenters. The quantitative estimate of drug-likeness (QED) is 0.804. The Balaban J connectivity index is 1.86. The van der Waals surface area contributed by atoms with Crippen molar-refractivity contribution in [3.05, 3.63) is 58.2 Å². The number of nitrogens with one attached hydrogen (secondary N) is 1. The van der Waals surface area contributed by atoms with Crippen LogP contribution in [0.3, 0.4) is 0 Å². The molecule has 3 aromatic rings. The van der Waals surface area contributed by atoms with E-state index in [4.69, 9.17) is 4.42 Å². The van der Waals surface area contributed by atoms with Crippen LogP contribution in [0.5, 0.6) is 0 Å². The molecule has 0 radical (unpaired) electrons. The third-order valence-electron chi connectivity index (χ3n) is 3.60. The number of carbonyl (C=O) groups is 1. The first-order chi connectivity index (χ1) is 10.6. The lowest BCUT2D eigenvalue weighted by Gasteiger charge is -2.10. The van der Waals surface area contributed by atoms with E-state index in [1.54, 1.807) is 18.3 Å². The lowest BCUT2D eigenvalue weighted by atomic mass is 10.1. The molecule has 0 aliphatic rings. The maximum absolute atomic E-state index is 12.2. The van der Waals surface area contributed by atoms with Gasteiger partial charge in [0.05, 0.1) is 0 Å². The van der Waals surface area contributed by atoms with Gasteiger partial charge in [-0.15, -0.1) is 0 Å². The van der Waals surface area contributed by atoms with Crippen LogP contribution in [-0.2, 0) is 11.3 Å². The molecule has 3 rings (SSSR count). The number of fused-ring (bicyclic) bond motifs is 1. The SMILES string of the molecule is Cc1cccc(NC(=O)Cn2c(=O)oc3cccnc32)c1C. The summed E-state index contributed by atoms with van der Waals surface area (Å²) in [4.78, 5) is 28.1. The van der Waals surface area contributed by atoms with Gasteiger partial charge in [0.1, 0.15) is 6.54 Å². The zero-order valence-corrected chi connectivity index (χ0v) is 12.3. The van der Waals surface area contributed by atoms with E-state index < -0.39 is 5.76 Å². The van der Waals surface area contributed by atoms with Crippen molar-refractivity contribution in [2.75, 3.05) is 5.32 Å². The largest absolute Gasteiger partial charge is 0.421 e. The fraction of sp³-hybridized carbons (Fsp3) is 0.188. The summed E-state index contributed by atoms with van der Waals surface area (Å²) in [5.74, 6) is -0.894. The number of carbonyl (C=O) groups excluding carboxylic acids is 1. The highest BCUT2D eigenvalue weighted by atomic mass is 16.4. The summed E-state index contributed by atoms with van der Waals surface area (Å²) >= 11 is 0. The average Bonchev–Trinajstić information content (AvgIpc) is 2.80. The van der Waals surface area contributed by atoms with Crippen LogP contribution in [0.25, 0.3) is 11.2 Å². The summed E-state index contributed by atoms with van der Waals surface area (Å²) in [5.41, 5.74) is 3.55. The summed E-state index contributed by atoms with van der Waals surface area (Å²) in [5, 5.41) is 2.81. The molecule has 1 amide bonds. The van der Waals surface area contributed by atoms with Crippen molar-refractivity contribution in [2.45, 2.75) is 20.4 Å². The third-order valence-corrected chi connectivity index (χ3v) is 3.60. The monoisotopic (exact) mass is 297 g/mol. The number of pyridine rings is 1. The molecular weight excluding hydrogens is 282 g/mol. The first kappa shape index (κ1) is 14.1. The molecule has 0 saturated carbocycles. The van der Waals surface area contributed by atoms with E-state index in [0.29, 0.717) is 11.2 Å². The van der Waals surface area contributed by atoms with Gasteiger partial charge < -0.3 is 9.73 Å². The number of aryl methyl sites for hydroxylation is 1. The van der Waals surface area contributed by atoms with Crippen molar-refractivity contribution in [2.24, 2.45) is 0 Å². The number of benzene rings is 1. The summed E-state index contributed by atoms with van der Waals surface area (Å²) < 4.78 is 6.28. The van der Waals surface area contributed by atoms with Crippen LogP contribution in [0.2, 0.25) is 0 Å². The van der Waals surface area contributed by atoms with E-state index in [2.05, 4.69) is 10.3 Å². The highest BCUT2D eigenvalue weighted by molar-refractivity contribution is 5.92. The van der Waals surface area contributed by atoms with Gasteiger partial charge in [0.2, 0.25) is 5.91 Å². The van der Waals surface area contributed by atoms with Crippen molar-refractivity contribution in [1.82, 2.24) is 9.55 Å². The Morgan fingerprint density at radius 3 is 2.91 bits per heavy atom. The van der Waals surface area contributed by atoms with Crippen molar-refractivity contribution < 1.29 is 9.21 Å². The van der Waals surface area contributed by atoms with E-state index in [0.717, 1.165) is 16.8 Å². The number of nitrogens with zero attached hydrogens (tertiary/aromatic N) is 2. The van der Waals surface area contributed by atoms with Gasteiger partial charge in [0.25, 0.3) is 0 Å². The Kier molecular flexibility index (Phi) is 3.50. The molecule has 6 heteroatoms. The van der Waals surface area contributed by atoms with Gasteiger partial charge in [-0.05, 0) is 43.2 Å². The first-order valence-corrected chi connectivity index (χ1v) is 6.86. The van der Waals surface area contributed by atoms with Crippen LogP contribution in [0.4, 0.5) is 5.69 Å². The van der Waals surface area contributed by atoms with Crippen LogP contribution in [-0.4, -0.2) is 15.5 Å². The van der Waals surface area contributed by atoms with E-state index in [-0.39, 0.29) is 12.5 Å². The summed E-state index contributed by atoms with van der Waals surface area (Å²) in [6, 6.07) is 8.99. The van der Waals surface area contributed by atoms with Crippen LogP contribution in [0.1, 0.15) is 11.1 Å². The lowest BCUT2D eigenvalue weighted by molar-refractivity contribution is -0.116. The van der Waals surface area contributed by atoms with Gasteiger partial charge in [-0.2, -0.15) is 0 Å². The highest BCUT2D eigenvalue weighted by Gasteiger charge is 2.14. The standard InChI is InChI=1S/C16H15N3O3/c1-10-5-3-6-12(11(10)2)18-14(20)9-19-15-13(22-16(19)21)7-4-8-17-15/h3-8H,9H2,1-2H3,(H,18,20). The second kappa shape index (κ2) is 5.48. The predicted octanol–water partition coefficient (Wildman–Crippen LogP) is 2.25. The Labute approximate surface area is 126 Å². The van der Waals surface area contributed by atoms with Crippen LogP contribution in [0, 0.1) is 13.8 Å². The molecule has 0 bridgehead atoms. The molecule has 0 aliphatic heterocycles. The van der Waals surface area contributed by atoms with Crippen LogP contribution >= 0.6 is 0 Å². The van der Waals surface area contributed by atoms with Gasteiger partial charge in [0, 0.05) is 11.9 Å². The molecule has 2 heterocycles. The molecular formula is C16H15N3O3. The maximum atomic E-state index is 12.2. The van der Waals surface area contributed by atoms with Gasteiger partial charge in [-0.25, -0.2) is 14.3 Å². The third kappa shape index (κ3) is 2.50. The van der Waals surface area contributed by atoms with Gasteiger partial charge in [-0.1, -0.05) is 12.1 Å². The van der Waals surface area contributed by atoms with Crippen LogP contribution in [0.15, 0.2) is 45.7 Å². The molecule has 112 valence electrons. The normalized spacial score (nSPS) is 10.8. The number of anilines is 1. The van der Waals surface area contributed by atoms with E-state index in [9.17, 15) is 9.59 Å². The maximum Gasteiger partial charge on any atom is 0.421 e. The smallest absolute Gasteiger partial charge is 0.406 e. The highest BCUT2D eigenvalue weighted by Crippen LogP contribution is 2.18.